The van der Waals surface area contributed by atoms with Crippen LogP contribution in [0.15, 0.2) is 75.9 Å². The van der Waals surface area contributed by atoms with Crippen LogP contribution in [0.3, 0.4) is 0 Å². The zero-order chi connectivity index (χ0) is 27.9. The molecule has 0 saturated heterocycles. The molecule has 0 aliphatic rings. The number of benzene rings is 3. The highest BCUT2D eigenvalue weighted by molar-refractivity contribution is 5.85. The molecule has 10 heteroatoms. The third-order valence-corrected chi connectivity index (χ3v) is 6.37. The number of aromatic nitrogens is 1. The Morgan fingerprint density at radius 3 is 2.44 bits per heavy atom. The summed E-state index contributed by atoms with van der Waals surface area (Å²) in [5.41, 5.74) is 7.84. The number of anilines is 1. The van der Waals surface area contributed by atoms with Gasteiger partial charge in [0, 0.05) is 20.0 Å². The van der Waals surface area contributed by atoms with Crippen LogP contribution in [0.5, 0.6) is 5.75 Å². The molecular formula is C29H30N4O6. The van der Waals surface area contributed by atoms with E-state index < -0.39 is 17.8 Å². The second-order valence-corrected chi connectivity index (χ2v) is 9.09. The Morgan fingerprint density at radius 1 is 1.05 bits per heavy atom. The van der Waals surface area contributed by atoms with Gasteiger partial charge < -0.3 is 29.8 Å². The first-order valence-corrected chi connectivity index (χ1v) is 12.3. The fourth-order valence-electron chi connectivity index (χ4n) is 4.28. The zero-order valence-electron chi connectivity index (χ0n) is 22.0. The van der Waals surface area contributed by atoms with E-state index in [4.69, 9.17) is 19.6 Å². The van der Waals surface area contributed by atoms with Crippen LogP contribution in [0.25, 0.3) is 10.9 Å². The normalized spacial score (nSPS) is 11.6. The minimum atomic E-state index is -0.913. The highest BCUT2D eigenvalue weighted by Gasteiger charge is 2.25. The lowest BCUT2D eigenvalue weighted by molar-refractivity contribution is -0.131. The lowest BCUT2D eigenvalue weighted by Crippen LogP contribution is -2.42. The Balaban J connectivity index is 1.63. The first-order valence-electron chi connectivity index (χ1n) is 12.3. The van der Waals surface area contributed by atoms with E-state index >= 15 is 0 Å². The third kappa shape index (κ3) is 6.72. The number of primary amides is 1. The van der Waals surface area contributed by atoms with Gasteiger partial charge in [0.05, 0.1) is 18.0 Å². The van der Waals surface area contributed by atoms with E-state index in [0.29, 0.717) is 35.4 Å². The number of amides is 2. The van der Waals surface area contributed by atoms with Crippen molar-refractivity contribution in [3.05, 3.63) is 99.4 Å². The second kappa shape index (κ2) is 12.1. The summed E-state index contributed by atoms with van der Waals surface area (Å²) in [6, 6.07) is 19.5. The third-order valence-electron chi connectivity index (χ3n) is 6.37. The number of nitrogens with zero attached hydrogens (tertiary/aromatic N) is 2. The number of fused-ring (bicyclic) bond motifs is 1. The van der Waals surface area contributed by atoms with Crippen LogP contribution in [0, 0.1) is 6.92 Å². The summed E-state index contributed by atoms with van der Waals surface area (Å²) in [4.78, 5) is 43.6. The van der Waals surface area contributed by atoms with E-state index in [0.717, 1.165) is 11.1 Å². The van der Waals surface area contributed by atoms with E-state index in [1.54, 1.807) is 38.1 Å². The number of ether oxygens (including phenoxy) is 2. The van der Waals surface area contributed by atoms with Crippen molar-refractivity contribution in [2.75, 3.05) is 19.5 Å². The molecule has 39 heavy (non-hydrogen) atoms. The van der Waals surface area contributed by atoms with Crippen LogP contribution in [-0.4, -0.2) is 42.1 Å². The van der Waals surface area contributed by atoms with Crippen molar-refractivity contribution >= 4 is 28.9 Å². The molecule has 0 aliphatic carbocycles. The molecule has 0 radical (unpaired) electrons. The molecule has 0 aliphatic heterocycles. The summed E-state index contributed by atoms with van der Waals surface area (Å²) in [5, 5.41) is 3.30. The maximum Gasteiger partial charge on any atom is 0.404 e. The van der Waals surface area contributed by atoms with E-state index in [2.05, 4.69) is 10.3 Å². The number of hydrogen-bond acceptors (Lipinski definition) is 8. The van der Waals surface area contributed by atoms with Gasteiger partial charge in [-0.05, 0) is 47.4 Å². The molecular weight excluding hydrogens is 500 g/mol. The Hall–Kier alpha value is -4.86. The number of likely N-dealkylation sites (N-methyl/N-ethyl adjacent to an activating group) is 1. The number of nitrogens with two attached hydrogens (primary N) is 1. The van der Waals surface area contributed by atoms with Crippen molar-refractivity contribution in [3.8, 4) is 5.75 Å². The molecule has 0 saturated carbocycles. The SMILES string of the molecule is COc1ccc(C[C@H](Nc2nc3ccc(COC(N)=O)c(C)c3c(=O)o2)C(=O)N(C)Cc2ccccc2)cc1. The lowest BCUT2D eigenvalue weighted by atomic mass is 10.0. The molecule has 0 bridgehead atoms. The summed E-state index contributed by atoms with van der Waals surface area (Å²) in [7, 11) is 3.31. The lowest BCUT2D eigenvalue weighted by Gasteiger charge is -2.25. The van der Waals surface area contributed by atoms with E-state index in [1.165, 1.54) is 0 Å². The molecule has 4 aromatic rings. The topological polar surface area (TPSA) is 137 Å². The number of hydrogen-bond donors (Lipinski definition) is 2. The fourth-order valence-corrected chi connectivity index (χ4v) is 4.28. The number of carbonyl (C=O) groups excluding carboxylic acids is 2. The van der Waals surface area contributed by atoms with Crippen molar-refractivity contribution in [1.82, 2.24) is 9.88 Å². The number of carbonyl (C=O) groups is 2. The molecule has 2 amide bonds. The van der Waals surface area contributed by atoms with Gasteiger partial charge in [-0.2, -0.15) is 4.98 Å². The Labute approximate surface area is 225 Å². The van der Waals surface area contributed by atoms with Crippen LogP contribution in [0.2, 0.25) is 0 Å². The zero-order valence-corrected chi connectivity index (χ0v) is 22.0. The van der Waals surface area contributed by atoms with E-state index in [-0.39, 0.29) is 23.9 Å². The summed E-state index contributed by atoms with van der Waals surface area (Å²) >= 11 is 0. The fraction of sp³-hybridized carbons (Fsp3) is 0.241. The van der Waals surface area contributed by atoms with E-state index in [1.807, 2.05) is 54.6 Å². The molecule has 3 aromatic carbocycles. The Morgan fingerprint density at radius 2 is 1.77 bits per heavy atom. The summed E-state index contributed by atoms with van der Waals surface area (Å²) in [6.45, 7) is 2.04. The molecule has 1 atom stereocenters. The van der Waals surface area contributed by atoms with Crippen molar-refractivity contribution in [1.29, 1.82) is 0 Å². The number of rotatable bonds is 10. The summed E-state index contributed by atoms with van der Waals surface area (Å²) in [5.74, 6) is 0.503. The second-order valence-electron chi connectivity index (χ2n) is 9.09. The molecule has 4 rings (SSSR count). The molecule has 1 heterocycles. The smallest absolute Gasteiger partial charge is 0.404 e. The van der Waals surface area contributed by atoms with Gasteiger partial charge in [0.2, 0.25) is 5.91 Å². The average Bonchev–Trinajstić information content (AvgIpc) is 2.92. The molecule has 3 N–H and O–H groups in total. The number of aryl methyl sites for hydroxylation is 1. The standard InChI is InChI=1S/C29H30N4O6/c1-18-21(17-38-28(30)36)11-14-23-25(18)27(35)39-29(31-23)32-24(15-19-9-12-22(37-3)13-10-19)26(34)33(2)16-20-7-5-4-6-8-20/h4-14,24H,15-17H2,1-3H3,(H2,30,36)(H,31,32)/t24-/m0/s1. The van der Waals surface area contributed by atoms with Gasteiger partial charge in [0.25, 0.3) is 6.01 Å². The van der Waals surface area contributed by atoms with Gasteiger partial charge in [-0.15, -0.1) is 0 Å². The van der Waals surface area contributed by atoms with Crippen LogP contribution in [-0.2, 0) is 29.1 Å². The van der Waals surface area contributed by atoms with Crippen LogP contribution in [0.4, 0.5) is 10.8 Å². The molecule has 0 spiro atoms. The average molecular weight is 531 g/mol. The summed E-state index contributed by atoms with van der Waals surface area (Å²) in [6.07, 6.45) is -0.600. The molecule has 1 aromatic heterocycles. The van der Waals surface area contributed by atoms with Crippen LogP contribution in [0.1, 0.15) is 22.3 Å². The molecule has 0 unspecified atom stereocenters. The predicted molar refractivity (Wildman–Crippen MR) is 146 cm³/mol. The van der Waals surface area contributed by atoms with Crippen molar-refractivity contribution < 1.29 is 23.5 Å². The maximum atomic E-state index is 13.6. The Kier molecular flexibility index (Phi) is 8.45. The van der Waals surface area contributed by atoms with Gasteiger partial charge in [0.1, 0.15) is 18.4 Å². The monoisotopic (exact) mass is 530 g/mol. The van der Waals surface area contributed by atoms with Crippen molar-refractivity contribution in [2.24, 2.45) is 5.73 Å². The molecule has 0 fully saturated rings. The van der Waals surface area contributed by atoms with Gasteiger partial charge >= 0.3 is 11.7 Å². The molecule has 10 nitrogen and oxygen atoms in total. The largest absolute Gasteiger partial charge is 0.497 e. The number of methoxy groups -OCH3 is 1. The van der Waals surface area contributed by atoms with Crippen molar-refractivity contribution in [3.63, 3.8) is 0 Å². The minimum Gasteiger partial charge on any atom is -0.497 e. The molecule has 202 valence electrons. The quantitative estimate of drug-likeness (QED) is 0.316. The highest BCUT2D eigenvalue weighted by atomic mass is 16.5. The minimum absolute atomic E-state index is 0.0759. The van der Waals surface area contributed by atoms with Crippen LogP contribution < -0.4 is 21.4 Å². The Bertz CT molecular complexity index is 1520. The van der Waals surface area contributed by atoms with E-state index in [9.17, 15) is 14.4 Å². The summed E-state index contributed by atoms with van der Waals surface area (Å²) < 4.78 is 15.6. The van der Waals surface area contributed by atoms with Gasteiger partial charge in [-0.3, -0.25) is 4.79 Å². The predicted octanol–water partition coefficient (Wildman–Crippen LogP) is 3.78. The van der Waals surface area contributed by atoms with Gasteiger partial charge in [0.15, 0.2) is 0 Å². The maximum absolute atomic E-state index is 13.6. The van der Waals surface area contributed by atoms with Gasteiger partial charge in [-0.25, -0.2) is 9.59 Å². The highest BCUT2D eigenvalue weighted by Crippen LogP contribution is 2.21. The van der Waals surface area contributed by atoms with Gasteiger partial charge in [-0.1, -0.05) is 48.5 Å². The van der Waals surface area contributed by atoms with Crippen LogP contribution >= 0.6 is 0 Å². The first kappa shape index (κ1) is 27.2. The first-order chi connectivity index (χ1) is 18.7. The number of nitrogens with one attached hydrogen (secondary N) is 1. The van der Waals surface area contributed by atoms with Crippen molar-refractivity contribution in [2.45, 2.75) is 32.5 Å².